The second-order valence-electron chi connectivity index (χ2n) is 4.03. The van der Waals surface area contributed by atoms with Gasteiger partial charge in [-0.1, -0.05) is 18.6 Å². The number of hydrogen-bond acceptors (Lipinski definition) is 3. The Hall–Kier alpha value is -0.940. The number of nitrogens with two attached hydrogens (primary N) is 1. The maximum absolute atomic E-state index is 11.8. The van der Waals surface area contributed by atoms with Gasteiger partial charge in [0.15, 0.2) is 0 Å². The zero-order valence-electron chi connectivity index (χ0n) is 8.81. The summed E-state index contributed by atoms with van der Waals surface area (Å²) in [6.07, 6.45) is 3.04. The van der Waals surface area contributed by atoms with E-state index in [4.69, 9.17) is 18.0 Å². The summed E-state index contributed by atoms with van der Waals surface area (Å²) in [6.45, 7) is 0. The van der Waals surface area contributed by atoms with Crippen molar-refractivity contribution in [3.8, 4) is 0 Å². The Balaban J connectivity index is 1.99. The van der Waals surface area contributed by atoms with E-state index in [2.05, 4.69) is 5.32 Å². The zero-order chi connectivity index (χ0) is 11.5. The van der Waals surface area contributed by atoms with E-state index < -0.39 is 0 Å². The minimum Gasteiger partial charge on any atom is -0.393 e. The molecule has 1 aromatic rings. The van der Waals surface area contributed by atoms with Gasteiger partial charge in [-0.3, -0.25) is 4.79 Å². The van der Waals surface area contributed by atoms with Crippen LogP contribution in [-0.4, -0.2) is 16.9 Å². The largest absolute Gasteiger partial charge is 0.393 e. The quantitative estimate of drug-likeness (QED) is 0.810. The second-order valence-corrected chi connectivity index (χ2v) is 5.28. The van der Waals surface area contributed by atoms with Crippen LogP contribution in [0.15, 0.2) is 16.8 Å². The van der Waals surface area contributed by atoms with Gasteiger partial charge in [0.05, 0.1) is 4.99 Å². The number of carbonyl (C=O) groups is 1. The molecule has 1 aromatic heterocycles. The predicted molar refractivity (Wildman–Crippen MR) is 69.7 cm³/mol. The molecule has 3 nitrogen and oxygen atoms in total. The van der Waals surface area contributed by atoms with E-state index in [-0.39, 0.29) is 17.9 Å². The molecule has 2 atom stereocenters. The lowest BCUT2D eigenvalue weighted by atomic mass is 10.0. The van der Waals surface area contributed by atoms with Crippen molar-refractivity contribution in [2.45, 2.75) is 25.3 Å². The molecule has 1 heterocycles. The normalized spacial score (nSPS) is 24.2. The van der Waals surface area contributed by atoms with Crippen molar-refractivity contribution in [1.82, 2.24) is 5.32 Å². The fourth-order valence-corrected chi connectivity index (χ4v) is 3.04. The summed E-state index contributed by atoms with van der Waals surface area (Å²) in [5.41, 5.74) is 6.39. The van der Waals surface area contributed by atoms with Crippen molar-refractivity contribution >= 4 is 34.5 Å². The van der Waals surface area contributed by atoms with Crippen molar-refractivity contribution in [3.63, 3.8) is 0 Å². The van der Waals surface area contributed by atoms with Crippen LogP contribution in [0.25, 0.3) is 0 Å². The molecule has 1 aliphatic carbocycles. The van der Waals surface area contributed by atoms with Gasteiger partial charge in [0.2, 0.25) is 0 Å². The zero-order valence-corrected chi connectivity index (χ0v) is 10.4. The van der Waals surface area contributed by atoms with Gasteiger partial charge in [-0.15, -0.1) is 0 Å². The van der Waals surface area contributed by atoms with E-state index in [9.17, 15) is 4.79 Å². The molecule has 1 amide bonds. The molecule has 2 unspecified atom stereocenters. The van der Waals surface area contributed by atoms with Crippen LogP contribution in [0, 0.1) is 5.92 Å². The molecule has 1 aliphatic rings. The van der Waals surface area contributed by atoms with Crippen molar-refractivity contribution in [1.29, 1.82) is 0 Å². The number of carbonyl (C=O) groups excluding carboxylic acids is 1. The average Bonchev–Trinajstić information content (AvgIpc) is 2.86. The first-order chi connectivity index (χ1) is 7.68. The summed E-state index contributed by atoms with van der Waals surface area (Å²) in [5.74, 6) is 0.145. The Morgan fingerprint density at radius 3 is 3.00 bits per heavy atom. The molecule has 3 N–H and O–H groups in total. The third-order valence-electron chi connectivity index (χ3n) is 2.98. The highest BCUT2D eigenvalue weighted by atomic mass is 32.1. The maximum Gasteiger partial charge on any atom is 0.252 e. The van der Waals surface area contributed by atoms with Gasteiger partial charge in [0.25, 0.3) is 5.91 Å². The molecule has 86 valence electrons. The van der Waals surface area contributed by atoms with Crippen molar-refractivity contribution in [3.05, 3.63) is 22.4 Å². The number of rotatable bonds is 3. The van der Waals surface area contributed by atoms with Crippen LogP contribution in [0.4, 0.5) is 0 Å². The highest BCUT2D eigenvalue weighted by Crippen LogP contribution is 2.26. The number of nitrogens with one attached hydrogen (secondary N) is 1. The summed E-state index contributed by atoms with van der Waals surface area (Å²) in [7, 11) is 0. The lowest BCUT2D eigenvalue weighted by Gasteiger charge is -2.19. The molecule has 1 fully saturated rings. The summed E-state index contributed by atoms with van der Waals surface area (Å²) in [6, 6.07) is 1.94. The van der Waals surface area contributed by atoms with E-state index in [1.165, 1.54) is 11.3 Å². The number of hydrogen-bond donors (Lipinski definition) is 2. The van der Waals surface area contributed by atoms with Crippen LogP contribution in [0.5, 0.6) is 0 Å². The Morgan fingerprint density at radius 2 is 2.38 bits per heavy atom. The van der Waals surface area contributed by atoms with E-state index in [0.29, 0.717) is 4.99 Å². The molecule has 0 bridgehead atoms. The highest BCUT2D eigenvalue weighted by Gasteiger charge is 2.30. The summed E-state index contributed by atoms with van der Waals surface area (Å²) < 4.78 is 0. The third-order valence-corrected chi connectivity index (χ3v) is 3.97. The smallest absolute Gasteiger partial charge is 0.252 e. The van der Waals surface area contributed by atoms with Crippen LogP contribution in [0.3, 0.4) is 0 Å². The maximum atomic E-state index is 11.8. The number of thiocarbonyl (C=S) groups is 1. The van der Waals surface area contributed by atoms with Gasteiger partial charge < -0.3 is 11.1 Å². The molecule has 2 rings (SSSR count). The number of thiophene rings is 1. The SMILES string of the molecule is NC(=S)C1CCCC1NC(=O)c1ccsc1. The van der Waals surface area contributed by atoms with Gasteiger partial charge in [0.1, 0.15) is 0 Å². The van der Waals surface area contributed by atoms with Gasteiger partial charge in [-0.05, 0) is 24.3 Å². The van der Waals surface area contributed by atoms with Crippen LogP contribution >= 0.6 is 23.6 Å². The monoisotopic (exact) mass is 254 g/mol. The van der Waals surface area contributed by atoms with Crippen LogP contribution in [0.2, 0.25) is 0 Å². The van der Waals surface area contributed by atoms with E-state index in [0.717, 1.165) is 24.8 Å². The van der Waals surface area contributed by atoms with Gasteiger partial charge >= 0.3 is 0 Å². The molecule has 5 heteroatoms. The molecule has 0 spiro atoms. The first kappa shape index (κ1) is 11.5. The lowest BCUT2D eigenvalue weighted by Crippen LogP contribution is -2.41. The summed E-state index contributed by atoms with van der Waals surface area (Å²) >= 11 is 6.54. The Labute approximate surface area is 104 Å². The predicted octanol–water partition coefficient (Wildman–Crippen LogP) is 1.93. The second kappa shape index (κ2) is 4.93. The minimum absolute atomic E-state index is 0.0191. The first-order valence-electron chi connectivity index (χ1n) is 5.31. The third kappa shape index (κ3) is 2.41. The molecule has 16 heavy (non-hydrogen) atoms. The fraction of sp³-hybridized carbons (Fsp3) is 0.455. The molecule has 0 radical (unpaired) electrons. The Kier molecular flexibility index (Phi) is 3.56. The Morgan fingerprint density at radius 1 is 1.56 bits per heavy atom. The van der Waals surface area contributed by atoms with Gasteiger partial charge in [-0.2, -0.15) is 11.3 Å². The van der Waals surface area contributed by atoms with E-state index in [1.54, 1.807) is 0 Å². The molecule has 0 saturated heterocycles. The van der Waals surface area contributed by atoms with E-state index >= 15 is 0 Å². The van der Waals surface area contributed by atoms with E-state index in [1.807, 2.05) is 16.8 Å². The fourth-order valence-electron chi connectivity index (χ4n) is 2.12. The first-order valence-corrected chi connectivity index (χ1v) is 6.66. The van der Waals surface area contributed by atoms with Gasteiger partial charge in [-0.25, -0.2) is 0 Å². The van der Waals surface area contributed by atoms with Gasteiger partial charge in [0, 0.05) is 22.9 Å². The van der Waals surface area contributed by atoms with Crippen LogP contribution in [0.1, 0.15) is 29.6 Å². The lowest BCUT2D eigenvalue weighted by molar-refractivity contribution is 0.0934. The molecule has 0 aliphatic heterocycles. The highest BCUT2D eigenvalue weighted by molar-refractivity contribution is 7.80. The standard InChI is InChI=1S/C11H14N2OS2/c12-10(15)8-2-1-3-9(8)13-11(14)7-4-5-16-6-7/h4-6,8-9H,1-3H2,(H2,12,15)(H,13,14). The Bertz CT molecular complexity index is 389. The summed E-state index contributed by atoms with van der Waals surface area (Å²) in [4.78, 5) is 12.4. The van der Waals surface area contributed by atoms with Crippen molar-refractivity contribution in [2.24, 2.45) is 11.7 Å². The summed E-state index contributed by atoms with van der Waals surface area (Å²) in [5, 5.41) is 6.76. The van der Waals surface area contributed by atoms with Crippen LogP contribution < -0.4 is 11.1 Å². The molecule has 1 saturated carbocycles. The van der Waals surface area contributed by atoms with Crippen molar-refractivity contribution in [2.75, 3.05) is 0 Å². The molecule has 0 aromatic carbocycles. The average molecular weight is 254 g/mol. The minimum atomic E-state index is -0.0191. The van der Waals surface area contributed by atoms with Crippen molar-refractivity contribution < 1.29 is 4.79 Å². The number of amides is 1. The topological polar surface area (TPSA) is 55.1 Å². The molecular weight excluding hydrogens is 240 g/mol. The molecular formula is C11H14N2OS2. The van der Waals surface area contributed by atoms with Crippen LogP contribution in [-0.2, 0) is 0 Å².